The number of esters is 3. The Bertz CT molecular complexity index is 1500. The second-order valence-electron chi connectivity index (χ2n) is 22.7. The molecule has 0 bridgehead atoms. The maximum absolute atomic E-state index is 12.9. The third kappa shape index (κ3) is 65.3. The van der Waals surface area contributed by atoms with Crippen LogP contribution in [-0.2, 0) is 28.6 Å². The number of carbonyl (C=O) groups is 3. The van der Waals surface area contributed by atoms with E-state index in [4.69, 9.17) is 14.2 Å². The molecular formula is C73H128O6. The third-order valence-electron chi connectivity index (χ3n) is 14.8. The smallest absolute Gasteiger partial charge is 0.306 e. The van der Waals surface area contributed by atoms with Gasteiger partial charge in [-0.2, -0.15) is 0 Å². The van der Waals surface area contributed by atoms with Crippen LogP contribution in [0.15, 0.2) is 85.1 Å². The van der Waals surface area contributed by atoms with E-state index < -0.39 is 6.10 Å². The molecule has 0 radical (unpaired) electrons. The molecule has 0 saturated heterocycles. The molecule has 6 heteroatoms. The van der Waals surface area contributed by atoms with Crippen molar-refractivity contribution in [3.05, 3.63) is 85.1 Å². The van der Waals surface area contributed by atoms with Gasteiger partial charge in [0, 0.05) is 19.3 Å². The van der Waals surface area contributed by atoms with Gasteiger partial charge in [-0.25, -0.2) is 0 Å². The fourth-order valence-electron chi connectivity index (χ4n) is 9.69. The van der Waals surface area contributed by atoms with Crippen molar-refractivity contribution in [3.8, 4) is 0 Å². The predicted molar refractivity (Wildman–Crippen MR) is 344 cm³/mol. The first-order valence-corrected chi connectivity index (χ1v) is 34.1. The highest BCUT2D eigenvalue weighted by atomic mass is 16.6. The topological polar surface area (TPSA) is 78.9 Å². The van der Waals surface area contributed by atoms with Gasteiger partial charge < -0.3 is 14.2 Å². The molecule has 79 heavy (non-hydrogen) atoms. The van der Waals surface area contributed by atoms with Crippen LogP contribution in [0, 0.1) is 0 Å². The van der Waals surface area contributed by atoms with E-state index in [-0.39, 0.29) is 31.1 Å². The van der Waals surface area contributed by atoms with Crippen molar-refractivity contribution < 1.29 is 28.6 Å². The molecule has 0 spiro atoms. The van der Waals surface area contributed by atoms with Crippen molar-refractivity contribution in [2.45, 2.75) is 348 Å². The van der Waals surface area contributed by atoms with E-state index in [1.54, 1.807) is 0 Å². The van der Waals surface area contributed by atoms with Crippen molar-refractivity contribution in [1.82, 2.24) is 0 Å². The van der Waals surface area contributed by atoms with Crippen LogP contribution in [0.1, 0.15) is 342 Å². The van der Waals surface area contributed by atoms with Crippen LogP contribution in [0.2, 0.25) is 0 Å². The summed E-state index contributed by atoms with van der Waals surface area (Å²) in [6.45, 7) is 6.60. The quantitative estimate of drug-likeness (QED) is 0.0261. The van der Waals surface area contributed by atoms with Crippen molar-refractivity contribution in [2.24, 2.45) is 0 Å². The second kappa shape index (κ2) is 67.1. The third-order valence-corrected chi connectivity index (χ3v) is 14.8. The first-order chi connectivity index (χ1) is 39.0. The van der Waals surface area contributed by atoms with Crippen molar-refractivity contribution in [2.75, 3.05) is 13.2 Å². The molecule has 0 saturated carbocycles. The summed E-state index contributed by atoms with van der Waals surface area (Å²) in [6, 6.07) is 0. The van der Waals surface area contributed by atoms with Crippen molar-refractivity contribution in [3.63, 3.8) is 0 Å². The van der Waals surface area contributed by atoms with Gasteiger partial charge in [-0.1, -0.05) is 286 Å². The zero-order valence-corrected chi connectivity index (χ0v) is 52.4. The van der Waals surface area contributed by atoms with Crippen molar-refractivity contribution >= 4 is 17.9 Å². The van der Waals surface area contributed by atoms with Crippen molar-refractivity contribution in [1.29, 1.82) is 0 Å². The number of rotatable bonds is 62. The number of hydrogen-bond acceptors (Lipinski definition) is 6. The molecule has 0 aromatic heterocycles. The molecule has 0 N–H and O–H groups in total. The minimum atomic E-state index is -0.788. The number of ether oxygens (including phenoxy) is 3. The Kier molecular flexibility index (Phi) is 64.2. The van der Waals surface area contributed by atoms with Gasteiger partial charge in [0.2, 0.25) is 0 Å². The standard InChI is InChI=1S/C73H128O6/c1-4-7-10-13-16-19-22-25-27-29-31-32-33-34-35-36-37-38-39-40-42-43-45-48-51-54-57-60-63-66-72(75)78-69-70(68-77-71(74)65-62-59-56-53-50-47-24-21-18-15-12-9-6-3)79-73(76)67-64-61-58-55-52-49-46-44-41-30-28-26-23-20-17-14-11-8-5-2/h17,20-22,24-26,28-29,31,33-34,41,44,70H,4-16,18-19,23,27,30,32,35-40,42-43,45-69H2,1-3H3/b20-17-,24-21-,25-22-,28-26-,31-29-,34-33-,44-41-. The summed E-state index contributed by atoms with van der Waals surface area (Å²) in [6.07, 6.45) is 88.8. The Morgan fingerprint density at radius 1 is 0.253 bits per heavy atom. The van der Waals surface area contributed by atoms with Crippen LogP contribution in [0.4, 0.5) is 0 Å². The second-order valence-corrected chi connectivity index (χ2v) is 22.7. The van der Waals surface area contributed by atoms with Crippen LogP contribution in [0.3, 0.4) is 0 Å². The van der Waals surface area contributed by atoms with Gasteiger partial charge in [0.1, 0.15) is 13.2 Å². The van der Waals surface area contributed by atoms with Gasteiger partial charge >= 0.3 is 17.9 Å². The van der Waals surface area contributed by atoms with Gasteiger partial charge in [0.05, 0.1) is 0 Å². The first kappa shape index (κ1) is 75.6. The Balaban J connectivity index is 4.27. The van der Waals surface area contributed by atoms with E-state index in [0.29, 0.717) is 19.3 Å². The number of allylic oxidation sites excluding steroid dienone is 14. The van der Waals surface area contributed by atoms with Crippen LogP contribution >= 0.6 is 0 Å². The number of unbranched alkanes of at least 4 members (excludes halogenated alkanes) is 37. The summed E-state index contributed by atoms with van der Waals surface area (Å²) in [5.41, 5.74) is 0. The summed E-state index contributed by atoms with van der Waals surface area (Å²) >= 11 is 0. The minimum absolute atomic E-state index is 0.0831. The maximum Gasteiger partial charge on any atom is 0.306 e. The van der Waals surface area contributed by atoms with Crippen LogP contribution < -0.4 is 0 Å². The van der Waals surface area contributed by atoms with E-state index in [1.807, 2.05) is 0 Å². The fraction of sp³-hybridized carbons (Fsp3) is 0.767. The molecule has 0 aliphatic rings. The molecule has 0 aromatic rings. The molecule has 1 unspecified atom stereocenters. The van der Waals surface area contributed by atoms with E-state index in [1.165, 1.54) is 199 Å². The number of hydrogen-bond donors (Lipinski definition) is 0. The zero-order valence-electron chi connectivity index (χ0n) is 52.4. The zero-order chi connectivity index (χ0) is 57.1. The Hall–Kier alpha value is -3.41. The minimum Gasteiger partial charge on any atom is -0.462 e. The summed E-state index contributed by atoms with van der Waals surface area (Å²) in [4.78, 5) is 38.3. The average Bonchev–Trinajstić information content (AvgIpc) is 3.45. The van der Waals surface area contributed by atoms with Crippen LogP contribution in [0.25, 0.3) is 0 Å². The molecule has 0 rings (SSSR count). The lowest BCUT2D eigenvalue weighted by atomic mass is 10.0. The van der Waals surface area contributed by atoms with Gasteiger partial charge in [-0.15, -0.1) is 0 Å². The van der Waals surface area contributed by atoms with Gasteiger partial charge in [-0.05, 0) is 122 Å². The lowest BCUT2D eigenvalue weighted by Crippen LogP contribution is -2.30. The summed E-state index contributed by atoms with van der Waals surface area (Å²) in [5, 5.41) is 0. The van der Waals surface area contributed by atoms with Crippen LogP contribution in [0.5, 0.6) is 0 Å². The summed E-state index contributed by atoms with van der Waals surface area (Å²) in [5.74, 6) is -0.892. The van der Waals surface area contributed by atoms with E-state index in [2.05, 4.69) is 106 Å². The molecule has 0 fully saturated rings. The average molecular weight is 1100 g/mol. The Labute approximate surface area is 490 Å². The molecule has 0 amide bonds. The van der Waals surface area contributed by atoms with E-state index in [9.17, 15) is 14.4 Å². The molecule has 0 aromatic carbocycles. The Morgan fingerprint density at radius 2 is 0.456 bits per heavy atom. The highest BCUT2D eigenvalue weighted by molar-refractivity contribution is 5.71. The van der Waals surface area contributed by atoms with E-state index in [0.717, 1.165) is 103 Å². The lowest BCUT2D eigenvalue weighted by Gasteiger charge is -2.18. The number of carbonyl (C=O) groups excluding carboxylic acids is 3. The predicted octanol–water partition coefficient (Wildman–Crippen LogP) is 23.4. The monoisotopic (exact) mass is 1100 g/mol. The Morgan fingerprint density at radius 3 is 0.759 bits per heavy atom. The summed E-state index contributed by atoms with van der Waals surface area (Å²) in [7, 11) is 0. The molecule has 1 atom stereocenters. The molecule has 0 aliphatic carbocycles. The fourth-order valence-corrected chi connectivity index (χ4v) is 9.69. The lowest BCUT2D eigenvalue weighted by molar-refractivity contribution is -0.167. The van der Waals surface area contributed by atoms with Gasteiger partial charge in [0.25, 0.3) is 0 Å². The molecule has 0 aliphatic heterocycles. The highest BCUT2D eigenvalue weighted by Gasteiger charge is 2.19. The van der Waals surface area contributed by atoms with E-state index >= 15 is 0 Å². The first-order valence-electron chi connectivity index (χ1n) is 34.1. The SMILES string of the molecule is CCCCC/C=C\C/C=C\C/C=C\CCCCCCCCC(=O)OC(COC(=O)CCCCCCC/C=C\CCCCCC)COC(=O)CCCCCCCCCCCCCCCC/C=C\C/C=C\C/C=C\CCCCCCC. The molecular weight excluding hydrogens is 973 g/mol. The van der Waals surface area contributed by atoms with Gasteiger partial charge in [-0.3, -0.25) is 14.4 Å². The molecule has 6 nitrogen and oxygen atoms in total. The highest BCUT2D eigenvalue weighted by Crippen LogP contribution is 2.16. The van der Waals surface area contributed by atoms with Gasteiger partial charge in [0.15, 0.2) is 6.10 Å². The maximum atomic E-state index is 12.9. The summed E-state index contributed by atoms with van der Waals surface area (Å²) < 4.78 is 16.9. The molecule has 0 heterocycles. The molecule has 456 valence electrons. The normalized spacial score (nSPS) is 12.6. The van der Waals surface area contributed by atoms with Crippen LogP contribution in [-0.4, -0.2) is 37.2 Å². The largest absolute Gasteiger partial charge is 0.462 e.